The zero-order valence-corrected chi connectivity index (χ0v) is 16.3. The molecule has 4 N–H and O–H groups in total. The number of para-hydroxylation sites is 2. The minimum atomic E-state index is -0.318. The van der Waals surface area contributed by atoms with Crippen LogP contribution in [0.5, 0.6) is 11.5 Å². The Morgan fingerprint density at radius 3 is 2.81 bits per heavy atom. The fourth-order valence-electron chi connectivity index (χ4n) is 1.99. The first-order valence-electron chi connectivity index (χ1n) is 7.43. The van der Waals surface area contributed by atoms with Crippen molar-refractivity contribution in [1.29, 1.82) is 0 Å². The quantitative estimate of drug-likeness (QED) is 0.350. The molecule has 0 aliphatic carbocycles. The number of halogens is 1. The van der Waals surface area contributed by atoms with E-state index in [1.807, 2.05) is 6.07 Å². The highest BCUT2D eigenvalue weighted by Crippen LogP contribution is 2.24. The number of hydrogen-bond donors (Lipinski definition) is 3. The Labute approximate surface area is 164 Å². The number of anilines is 1. The summed E-state index contributed by atoms with van der Waals surface area (Å²) in [6.07, 6.45) is 1.50. The second-order valence-corrected chi connectivity index (χ2v) is 6.31. The van der Waals surface area contributed by atoms with Gasteiger partial charge in [0, 0.05) is 10.0 Å². The molecule has 0 fully saturated rings. The minimum Gasteiger partial charge on any atom is -0.495 e. The van der Waals surface area contributed by atoms with Crippen LogP contribution in [0.15, 0.2) is 52.0 Å². The van der Waals surface area contributed by atoms with Crippen LogP contribution < -0.4 is 25.9 Å². The number of nitrogens with zero attached hydrogens (tertiary/aromatic N) is 1. The fraction of sp³-hybridized carbons (Fsp3) is 0.118. The van der Waals surface area contributed by atoms with Crippen LogP contribution in [0.4, 0.5) is 5.69 Å². The molecule has 0 radical (unpaired) electrons. The van der Waals surface area contributed by atoms with Gasteiger partial charge in [0.2, 0.25) is 0 Å². The van der Waals surface area contributed by atoms with Gasteiger partial charge >= 0.3 is 0 Å². The summed E-state index contributed by atoms with van der Waals surface area (Å²) < 4.78 is 11.6. The molecular formula is C17H17BrN4O3S. The lowest BCUT2D eigenvalue weighted by molar-refractivity contribution is -0.118. The molecule has 0 bridgehead atoms. The Morgan fingerprint density at radius 1 is 1.31 bits per heavy atom. The number of nitrogens with two attached hydrogens (primary N) is 1. The van der Waals surface area contributed by atoms with Gasteiger partial charge in [-0.3, -0.25) is 10.2 Å². The maximum Gasteiger partial charge on any atom is 0.262 e. The van der Waals surface area contributed by atoms with Gasteiger partial charge < -0.3 is 20.5 Å². The number of amides is 1. The van der Waals surface area contributed by atoms with E-state index in [1.54, 1.807) is 36.4 Å². The number of carbonyl (C=O) groups is 1. The van der Waals surface area contributed by atoms with E-state index in [9.17, 15) is 4.79 Å². The number of carbonyl (C=O) groups excluding carboxylic acids is 1. The number of ether oxygens (including phenoxy) is 2. The summed E-state index contributed by atoms with van der Waals surface area (Å²) in [6.45, 7) is -0.177. The van der Waals surface area contributed by atoms with Crippen molar-refractivity contribution in [2.45, 2.75) is 0 Å². The summed E-state index contributed by atoms with van der Waals surface area (Å²) in [5.41, 5.74) is 9.01. The van der Waals surface area contributed by atoms with Gasteiger partial charge in [-0.05, 0) is 42.5 Å². The van der Waals surface area contributed by atoms with E-state index in [4.69, 9.17) is 15.2 Å². The molecule has 0 saturated carbocycles. The zero-order valence-electron chi connectivity index (χ0n) is 13.9. The van der Waals surface area contributed by atoms with E-state index in [-0.39, 0.29) is 17.6 Å². The number of benzene rings is 2. The molecule has 0 spiro atoms. The number of methoxy groups -OCH3 is 1. The summed E-state index contributed by atoms with van der Waals surface area (Å²) in [7, 11) is 1.54. The van der Waals surface area contributed by atoms with E-state index < -0.39 is 0 Å². The molecule has 2 aromatic carbocycles. The second-order valence-electron chi connectivity index (χ2n) is 4.95. The number of hydrogen-bond acceptors (Lipinski definition) is 5. The van der Waals surface area contributed by atoms with Crippen LogP contribution in [0.2, 0.25) is 0 Å². The van der Waals surface area contributed by atoms with E-state index in [0.29, 0.717) is 22.7 Å². The highest BCUT2D eigenvalue weighted by Gasteiger charge is 2.09. The van der Waals surface area contributed by atoms with E-state index >= 15 is 0 Å². The summed E-state index contributed by atoms with van der Waals surface area (Å²) in [5, 5.41) is 6.69. The van der Waals surface area contributed by atoms with E-state index in [2.05, 4.69) is 44.0 Å². The molecule has 0 heterocycles. The van der Waals surface area contributed by atoms with Gasteiger partial charge in [-0.15, -0.1) is 0 Å². The molecule has 9 heteroatoms. The van der Waals surface area contributed by atoms with Crippen molar-refractivity contribution < 1.29 is 14.3 Å². The molecule has 2 aromatic rings. The third-order valence-corrected chi connectivity index (χ3v) is 3.67. The summed E-state index contributed by atoms with van der Waals surface area (Å²) >= 11 is 8.06. The maximum absolute atomic E-state index is 12.2. The second kappa shape index (κ2) is 9.73. The number of nitrogens with one attached hydrogen (secondary N) is 2. The van der Waals surface area contributed by atoms with Crippen molar-refractivity contribution in [3.63, 3.8) is 0 Å². The molecule has 0 atom stereocenters. The van der Waals surface area contributed by atoms with Crippen LogP contribution in [0.25, 0.3) is 0 Å². The molecule has 26 heavy (non-hydrogen) atoms. The molecule has 1 amide bonds. The molecule has 0 aliphatic rings. The van der Waals surface area contributed by atoms with Crippen molar-refractivity contribution in [2.75, 3.05) is 19.0 Å². The predicted molar refractivity (Wildman–Crippen MR) is 109 cm³/mol. The van der Waals surface area contributed by atoms with Crippen molar-refractivity contribution in [1.82, 2.24) is 5.43 Å². The Morgan fingerprint density at radius 2 is 2.08 bits per heavy atom. The first-order chi connectivity index (χ1) is 12.5. The molecule has 0 saturated heterocycles. The van der Waals surface area contributed by atoms with Gasteiger partial charge in [0.25, 0.3) is 5.91 Å². The fourth-order valence-corrected chi connectivity index (χ4v) is 2.43. The number of hydrazone groups is 1. The minimum absolute atomic E-state index is 0.0508. The topological polar surface area (TPSA) is 98.0 Å². The van der Waals surface area contributed by atoms with Crippen molar-refractivity contribution >= 4 is 51.1 Å². The van der Waals surface area contributed by atoms with Gasteiger partial charge in [0.1, 0.15) is 11.5 Å². The molecule has 136 valence electrons. The van der Waals surface area contributed by atoms with Crippen LogP contribution in [0.1, 0.15) is 5.56 Å². The SMILES string of the molecule is COc1ccccc1NC(=O)COc1ccc(Br)cc1/C=N/NC(N)=S. The first-order valence-corrected chi connectivity index (χ1v) is 8.63. The van der Waals surface area contributed by atoms with Gasteiger partial charge in [-0.1, -0.05) is 28.1 Å². The van der Waals surface area contributed by atoms with Crippen molar-refractivity contribution in [2.24, 2.45) is 10.8 Å². The van der Waals surface area contributed by atoms with Crippen molar-refractivity contribution in [3.05, 3.63) is 52.5 Å². The van der Waals surface area contributed by atoms with Gasteiger partial charge in [0.15, 0.2) is 11.7 Å². The monoisotopic (exact) mass is 436 g/mol. The average Bonchev–Trinajstić information content (AvgIpc) is 2.61. The smallest absolute Gasteiger partial charge is 0.262 e. The van der Waals surface area contributed by atoms with E-state index in [1.165, 1.54) is 13.3 Å². The molecule has 0 aliphatic heterocycles. The highest BCUT2D eigenvalue weighted by molar-refractivity contribution is 9.10. The Bertz CT molecular complexity index is 829. The molecule has 0 unspecified atom stereocenters. The van der Waals surface area contributed by atoms with Crippen molar-refractivity contribution in [3.8, 4) is 11.5 Å². The lowest BCUT2D eigenvalue weighted by Crippen LogP contribution is -2.24. The zero-order chi connectivity index (χ0) is 18.9. The normalized spacial score (nSPS) is 10.4. The predicted octanol–water partition coefficient (Wildman–Crippen LogP) is 2.64. The van der Waals surface area contributed by atoms with Crippen LogP contribution >= 0.6 is 28.1 Å². The average molecular weight is 437 g/mol. The standard InChI is InChI=1S/C17H17BrN4O3S/c1-24-15-5-3-2-4-13(15)21-16(23)10-25-14-7-6-12(18)8-11(14)9-20-22-17(19)26/h2-9H,10H2,1H3,(H,21,23)(H3,19,22,26)/b20-9+. The van der Waals surface area contributed by atoms with Crippen LogP contribution in [0, 0.1) is 0 Å². The van der Waals surface area contributed by atoms with Crippen LogP contribution in [-0.4, -0.2) is 31.0 Å². The first kappa shape index (κ1) is 19.7. The lowest BCUT2D eigenvalue weighted by Gasteiger charge is -2.12. The molecule has 0 aromatic heterocycles. The Hall–Kier alpha value is -2.65. The van der Waals surface area contributed by atoms with Gasteiger partial charge in [0.05, 0.1) is 19.0 Å². The molecular weight excluding hydrogens is 420 g/mol. The third kappa shape index (κ3) is 6.01. The van der Waals surface area contributed by atoms with Gasteiger partial charge in [-0.25, -0.2) is 0 Å². The summed E-state index contributed by atoms with van der Waals surface area (Å²) in [4.78, 5) is 12.2. The van der Waals surface area contributed by atoms with Gasteiger partial charge in [-0.2, -0.15) is 5.10 Å². The molecule has 2 rings (SSSR count). The van der Waals surface area contributed by atoms with Crippen LogP contribution in [0.3, 0.4) is 0 Å². The Kier molecular flexibility index (Phi) is 7.37. The largest absolute Gasteiger partial charge is 0.495 e. The van der Waals surface area contributed by atoms with Crippen LogP contribution in [-0.2, 0) is 4.79 Å². The number of rotatable bonds is 7. The highest BCUT2D eigenvalue weighted by atomic mass is 79.9. The lowest BCUT2D eigenvalue weighted by atomic mass is 10.2. The maximum atomic E-state index is 12.2. The van der Waals surface area contributed by atoms with E-state index in [0.717, 1.165) is 4.47 Å². The molecule has 7 nitrogen and oxygen atoms in total. The Balaban J connectivity index is 2.03. The number of thiocarbonyl (C=S) groups is 1. The third-order valence-electron chi connectivity index (χ3n) is 3.09. The summed E-state index contributed by atoms with van der Waals surface area (Å²) in [6, 6.07) is 12.4. The summed E-state index contributed by atoms with van der Waals surface area (Å²) in [5.74, 6) is 0.736.